The third kappa shape index (κ3) is 4.50. The number of ether oxygens (including phenoxy) is 2. The number of amides is 3. The van der Waals surface area contributed by atoms with Crippen molar-refractivity contribution in [2.45, 2.75) is 19.3 Å². The normalized spacial score (nSPS) is 20.8. The van der Waals surface area contributed by atoms with Crippen molar-refractivity contribution in [2.75, 3.05) is 38.6 Å². The highest BCUT2D eigenvalue weighted by Crippen LogP contribution is 2.39. The molecule has 2 aromatic carbocycles. The number of benzene rings is 2. The molecular formula is C23H27N3O4. The van der Waals surface area contributed by atoms with E-state index in [2.05, 4.69) is 5.32 Å². The number of likely N-dealkylation sites (tertiary alicyclic amines) is 2. The second-order valence-corrected chi connectivity index (χ2v) is 8.04. The molecule has 2 saturated heterocycles. The summed E-state index contributed by atoms with van der Waals surface area (Å²) < 4.78 is 10.7. The van der Waals surface area contributed by atoms with Crippen LogP contribution < -0.4 is 14.8 Å². The molecule has 0 aromatic heterocycles. The van der Waals surface area contributed by atoms with Gasteiger partial charge in [0.1, 0.15) is 11.5 Å². The fourth-order valence-electron chi connectivity index (χ4n) is 4.34. The van der Waals surface area contributed by atoms with Gasteiger partial charge in [0.15, 0.2) is 0 Å². The van der Waals surface area contributed by atoms with Crippen molar-refractivity contribution >= 4 is 17.8 Å². The molecular weight excluding hydrogens is 382 g/mol. The minimum absolute atomic E-state index is 0.0643. The standard InChI is InChI=1S/C23H27N3O4/c1-29-19-10-8-18(9-11-19)24-21(27)25-15-13-23(16-25)12-5-14-26(17-23)22(28)30-20-6-3-2-4-7-20/h2-4,6-11H,5,12-17H2,1H3,(H,24,27)/t23-/m0/s1. The minimum Gasteiger partial charge on any atom is -0.497 e. The van der Waals surface area contributed by atoms with Crippen molar-refractivity contribution in [3.05, 3.63) is 54.6 Å². The molecule has 2 heterocycles. The van der Waals surface area contributed by atoms with E-state index in [0.29, 0.717) is 31.9 Å². The zero-order valence-electron chi connectivity index (χ0n) is 17.2. The number of rotatable bonds is 3. The largest absolute Gasteiger partial charge is 0.497 e. The zero-order valence-corrected chi connectivity index (χ0v) is 17.2. The number of carbonyl (C=O) groups is 2. The molecule has 0 aliphatic carbocycles. The van der Waals surface area contributed by atoms with Crippen LogP contribution in [0, 0.1) is 5.41 Å². The molecule has 7 nitrogen and oxygen atoms in total. The average Bonchev–Trinajstić information content (AvgIpc) is 3.18. The van der Waals surface area contributed by atoms with Gasteiger partial charge in [-0.2, -0.15) is 0 Å². The van der Waals surface area contributed by atoms with E-state index in [4.69, 9.17) is 9.47 Å². The summed E-state index contributed by atoms with van der Waals surface area (Å²) in [5.74, 6) is 1.30. The highest BCUT2D eigenvalue weighted by atomic mass is 16.6. The van der Waals surface area contributed by atoms with Crippen LogP contribution in [0.15, 0.2) is 54.6 Å². The third-order valence-electron chi connectivity index (χ3n) is 5.93. The Morgan fingerprint density at radius 2 is 1.63 bits per heavy atom. The van der Waals surface area contributed by atoms with Gasteiger partial charge in [-0.25, -0.2) is 9.59 Å². The van der Waals surface area contributed by atoms with E-state index in [1.807, 2.05) is 47.4 Å². The van der Waals surface area contributed by atoms with Crippen LogP contribution in [0.5, 0.6) is 11.5 Å². The summed E-state index contributed by atoms with van der Waals surface area (Å²) in [5.41, 5.74) is 0.670. The lowest BCUT2D eigenvalue weighted by molar-refractivity contribution is 0.0872. The lowest BCUT2D eigenvalue weighted by Gasteiger charge is -2.39. The van der Waals surface area contributed by atoms with Crippen LogP contribution in [-0.2, 0) is 0 Å². The number of anilines is 1. The molecule has 7 heteroatoms. The van der Waals surface area contributed by atoms with Crippen LogP contribution in [-0.4, -0.2) is 55.2 Å². The van der Waals surface area contributed by atoms with Gasteiger partial charge in [-0.1, -0.05) is 18.2 Å². The Morgan fingerprint density at radius 1 is 0.900 bits per heavy atom. The predicted molar refractivity (Wildman–Crippen MR) is 114 cm³/mol. The number of methoxy groups -OCH3 is 1. The van der Waals surface area contributed by atoms with Crippen molar-refractivity contribution in [3.63, 3.8) is 0 Å². The molecule has 0 bridgehead atoms. The number of hydrogen-bond acceptors (Lipinski definition) is 4. The first-order chi connectivity index (χ1) is 14.6. The third-order valence-corrected chi connectivity index (χ3v) is 5.93. The van der Waals surface area contributed by atoms with Crippen LogP contribution >= 0.6 is 0 Å². The summed E-state index contributed by atoms with van der Waals surface area (Å²) >= 11 is 0. The molecule has 1 N–H and O–H groups in total. The highest BCUT2D eigenvalue weighted by Gasteiger charge is 2.44. The molecule has 1 spiro atoms. The van der Waals surface area contributed by atoms with Gasteiger partial charge in [0.2, 0.25) is 0 Å². The van der Waals surface area contributed by atoms with Crippen LogP contribution in [0.25, 0.3) is 0 Å². The zero-order chi connectivity index (χ0) is 21.0. The minimum atomic E-state index is -0.318. The molecule has 2 aliphatic heterocycles. The lowest BCUT2D eigenvalue weighted by atomic mass is 9.79. The van der Waals surface area contributed by atoms with Gasteiger partial charge < -0.3 is 24.6 Å². The fraction of sp³-hybridized carbons (Fsp3) is 0.391. The van der Waals surface area contributed by atoms with Gasteiger partial charge in [0, 0.05) is 37.3 Å². The van der Waals surface area contributed by atoms with Crippen LogP contribution in [0.4, 0.5) is 15.3 Å². The molecule has 2 aliphatic rings. The number of carbonyl (C=O) groups excluding carboxylic acids is 2. The van der Waals surface area contributed by atoms with Crippen molar-refractivity contribution in [1.82, 2.24) is 9.80 Å². The second-order valence-electron chi connectivity index (χ2n) is 8.04. The van der Waals surface area contributed by atoms with Crippen molar-refractivity contribution in [2.24, 2.45) is 5.41 Å². The van der Waals surface area contributed by atoms with Crippen molar-refractivity contribution in [1.29, 1.82) is 0 Å². The molecule has 2 fully saturated rings. The van der Waals surface area contributed by atoms with E-state index in [-0.39, 0.29) is 17.5 Å². The molecule has 4 rings (SSSR count). The van der Waals surface area contributed by atoms with E-state index < -0.39 is 0 Å². The Balaban J connectivity index is 1.34. The first-order valence-corrected chi connectivity index (χ1v) is 10.3. The van der Waals surface area contributed by atoms with Gasteiger partial charge in [-0.05, 0) is 55.7 Å². The van der Waals surface area contributed by atoms with E-state index in [1.165, 1.54) is 0 Å². The highest BCUT2D eigenvalue weighted by molar-refractivity contribution is 5.89. The monoisotopic (exact) mass is 409 g/mol. The quantitative estimate of drug-likeness (QED) is 0.824. The van der Waals surface area contributed by atoms with Crippen molar-refractivity contribution < 1.29 is 19.1 Å². The summed E-state index contributed by atoms with van der Waals surface area (Å²) in [4.78, 5) is 29.0. The van der Waals surface area contributed by atoms with Crippen LogP contribution in [0.1, 0.15) is 19.3 Å². The summed E-state index contributed by atoms with van der Waals surface area (Å²) in [6.45, 7) is 2.63. The van der Waals surface area contributed by atoms with Gasteiger partial charge >= 0.3 is 12.1 Å². The fourth-order valence-corrected chi connectivity index (χ4v) is 4.34. The van der Waals surface area contributed by atoms with Crippen LogP contribution in [0.2, 0.25) is 0 Å². The van der Waals surface area contributed by atoms with E-state index in [9.17, 15) is 9.59 Å². The van der Waals surface area contributed by atoms with Gasteiger partial charge in [-0.15, -0.1) is 0 Å². The number of para-hydroxylation sites is 1. The van der Waals surface area contributed by atoms with Crippen molar-refractivity contribution in [3.8, 4) is 11.5 Å². The Hall–Kier alpha value is -3.22. The van der Waals surface area contributed by atoms with Crippen LogP contribution in [0.3, 0.4) is 0 Å². The maximum absolute atomic E-state index is 12.7. The Bertz CT molecular complexity index is 887. The first kappa shape index (κ1) is 20.1. The molecule has 0 unspecified atom stereocenters. The number of urea groups is 1. The average molecular weight is 409 g/mol. The molecule has 1 atom stereocenters. The maximum Gasteiger partial charge on any atom is 0.415 e. The molecule has 158 valence electrons. The van der Waals surface area contributed by atoms with Gasteiger partial charge in [0.05, 0.1) is 7.11 Å². The predicted octanol–water partition coefficient (Wildman–Crippen LogP) is 4.21. The Labute approximate surface area is 176 Å². The summed E-state index contributed by atoms with van der Waals surface area (Å²) in [7, 11) is 1.61. The smallest absolute Gasteiger partial charge is 0.415 e. The van der Waals surface area contributed by atoms with E-state index in [1.54, 1.807) is 24.1 Å². The lowest BCUT2D eigenvalue weighted by Crippen LogP contribution is -2.48. The molecule has 0 saturated carbocycles. The second kappa shape index (κ2) is 8.65. The maximum atomic E-state index is 12.7. The molecule has 0 radical (unpaired) electrons. The molecule has 2 aromatic rings. The Kier molecular flexibility index (Phi) is 5.79. The van der Waals surface area contributed by atoms with E-state index >= 15 is 0 Å². The van der Waals surface area contributed by atoms with Gasteiger partial charge in [0.25, 0.3) is 0 Å². The topological polar surface area (TPSA) is 71.1 Å². The van der Waals surface area contributed by atoms with E-state index in [0.717, 1.165) is 30.7 Å². The molecule has 3 amide bonds. The Morgan fingerprint density at radius 3 is 2.37 bits per heavy atom. The SMILES string of the molecule is COc1ccc(NC(=O)N2CC[C@@]3(CCCN(C(=O)Oc4ccccc4)C3)C2)cc1. The number of piperidine rings is 1. The number of nitrogens with zero attached hydrogens (tertiary/aromatic N) is 2. The summed E-state index contributed by atoms with van der Waals surface area (Å²) in [6.07, 6.45) is 2.49. The summed E-state index contributed by atoms with van der Waals surface area (Å²) in [6, 6.07) is 16.3. The number of nitrogens with one attached hydrogen (secondary N) is 1. The van der Waals surface area contributed by atoms with Gasteiger partial charge in [-0.3, -0.25) is 0 Å². The summed E-state index contributed by atoms with van der Waals surface area (Å²) in [5, 5.41) is 2.95. The molecule has 30 heavy (non-hydrogen) atoms. The number of hydrogen-bond donors (Lipinski definition) is 1. The first-order valence-electron chi connectivity index (χ1n) is 10.3.